The molecular formula is C18H23ClN2OS. The zero-order valence-electron chi connectivity index (χ0n) is 13.2. The summed E-state index contributed by atoms with van der Waals surface area (Å²) >= 11 is 1.77. The Bertz CT molecular complexity index is 590. The van der Waals surface area contributed by atoms with E-state index in [1.807, 2.05) is 42.5 Å². The average molecular weight is 351 g/mol. The molecule has 3 nitrogen and oxygen atoms in total. The normalized spacial score (nSPS) is 11.4. The Labute approximate surface area is 148 Å². The lowest BCUT2D eigenvalue weighted by atomic mass is 10.1. The Hall–Kier alpha value is -1.49. The maximum Gasteiger partial charge on any atom is 0.251 e. The highest BCUT2D eigenvalue weighted by Crippen LogP contribution is 2.19. The molecular weight excluding hydrogens is 328 g/mol. The molecule has 0 aliphatic heterocycles. The number of rotatable bonds is 7. The number of halogens is 1. The number of carbonyl (C=O) groups is 1. The van der Waals surface area contributed by atoms with Gasteiger partial charge in [-0.25, -0.2) is 0 Å². The minimum Gasteiger partial charge on any atom is -0.348 e. The summed E-state index contributed by atoms with van der Waals surface area (Å²) in [6, 6.07) is 17.9. The topological polar surface area (TPSA) is 55.1 Å². The van der Waals surface area contributed by atoms with Crippen molar-refractivity contribution in [3.63, 3.8) is 0 Å². The first kappa shape index (κ1) is 19.6. The molecule has 1 atom stereocenters. The summed E-state index contributed by atoms with van der Waals surface area (Å²) in [5, 5.41) is 3.10. The molecule has 0 aromatic heterocycles. The fourth-order valence-electron chi connectivity index (χ4n) is 2.04. The van der Waals surface area contributed by atoms with E-state index >= 15 is 0 Å². The van der Waals surface area contributed by atoms with Crippen molar-refractivity contribution in [2.24, 2.45) is 5.73 Å². The third-order valence-electron chi connectivity index (χ3n) is 3.47. The first-order valence-electron chi connectivity index (χ1n) is 7.50. The van der Waals surface area contributed by atoms with Crippen LogP contribution in [0.3, 0.4) is 0 Å². The van der Waals surface area contributed by atoms with Gasteiger partial charge in [-0.15, -0.1) is 24.2 Å². The van der Waals surface area contributed by atoms with Gasteiger partial charge in [-0.2, -0.15) is 0 Å². The summed E-state index contributed by atoms with van der Waals surface area (Å²) in [5.41, 5.74) is 7.28. The number of hydrogen-bond acceptors (Lipinski definition) is 3. The molecule has 0 saturated heterocycles. The minimum absolute atomic E-state index is 0. The van der Waals surface area contributed by atoms with Crippen molar-refractivity contribution < 1.29 is 4.79 Å². The molecule has 23 heavy (non-hydrogen) atoms. The minimum atomic E-state index is -0.0240. The summed E-state index contributed by atoms with van der Waals surface area (Å²) in [7, 11) is 0. The number of carbonyl (C=O) groups excluding carboxylic acids is 1. The fraction of sp³-hybridized carbons (Fsp3) is 0.278. The van der Waals surface area contributed by atoms with Gasteiger partial charge in [0.25, 0.3) is 5.91 Å². The third-order valence-corrected chi connectivity index (χ3v) is 4.65. The highest BCUT2D eigenvalue weighted by Gasteiger charge is 2.12. The van der Waals surface area contributed by atoms with Gasteiger partial charge >= 0.3 is 0 Å². The Kier molecular flexibility index (Phi) is 8.77. The Morgan fingerprint density at radius 3 is 2.35 bits per heavy atom. The molecule has 1 amide bonds. The molecule has 2 aromatic rings. The second kappa shape index (κ2) is 10.3. The van der Waals surface area contributed by atoms with Crippen LogP contribution in [0.15, 0.2) is 59.5 Å². The molecule has 3 N–H and O–H groups in total. The maximum absolute atomic E-state index is 12.3. The van der Waals surface area contributed by atoms with Crippen LogP contribution in [0.2, 0.25) is 0 Å². The summed E-state index contributed by atoms with van der Waals surface area (Å²) in [4.78, 5) is 13.5. The van der Waals surface area contributed by atoms with Crippen molar-refractivity contribution in [2.45, 2.75) is 30.8 Å². The standard InChI is InChI=1S/C18H22N2OS.ClH/c1-2-16(13-22-17-6-4-3-5-7-17)20-18(21)15-10-8-14(12-19)9-11-15;/h3-11,16H,2,12-13,19H2,1H3,(H,20,21);1H. The van der Waals surface area contributed by atoms with Crippen LogP contribution in [0, 0.1) is 0 Å². The van der Waals surface area contributed by atoms with Crippen LogP contribution in [0.25, 0.3) is 0 Å². The summed E-state index contributed by atoms with van der Waals surface area (Å²) in [6.45, 7) is 2.58. The van der Waals surface area contributed by atoms with E-state index in [1.54, 1.807) is 11.8 Å². The van der Waals surface area contributed by atoms with Gasteiger partial charge in [-0.1, -0.05) is 37.3 Å². The number of nitrogens with two attached hydrogens (primary N) is 1. The number of nitrogens with one attached hydrogen (secondary N) is 1. The molecule has 0 spiro atoms. The van der Waals surface area contributed by atoms with Crippen LogP contribution in [0.5, 0.6) is 0 Å². The zero-order valence-corrected chi connectivity index (χ0v) is 14.8. The summed E-state index contributed by atoms with van der Waals surface area (Å²) in [5.74, 6) is 0.844. The Morgan fingerprint density at radius 2 is 1.78 bits per heavy atom. The van der Waals surface area contributed by atoms with E-state index < -0.39 is 0 Å². The molecule has 0 fully saturated rings. The van der Waals surface area contributed by atoms with E-state index in [2.05, 4.69) is 24.4 Å². The first-order valence-corrected chi connectivity index (χ1v) is 8.49. The molecule has 0 radical (unpaired) electrons. The van der Waals surface area contributed by atoms with Gasteiger partial charge in [0.15, 0.2) is 0 Å². The van der Waals surface area contributed by atoms with Crippen molar-refractivity contribution in [1.82, 2.24) is 5.32 Å². The molecule has 0 heterocycles. The lowest BCUT2D eigenvalue weighted by molar-refractivity contribution is 0.0940. The molecule has 2 rings (SSSR count). The molecule has 124 valence electrons. The van der Waals surface area contributed by atoms with E-state index in [-0.39, 0.29) is 24.4 Å². The van der Waals surface area contributed by atoms with Crippen LogP contribution >= 0.6 is 24.2 Å². The van der Waals surface area contributed by atoms with Gasteiger partial charge in [0.05, 0.1) is 0 Å². The van der Waals surface area contributed by atoms with Gasteiger partial charge < -0.3 is 11.1 Å². The van der Waals surface area contributed by atoms with E-state index in [0.717, 1.165) is 17.7 Å². The van der Waals surface area contributed by atoms with Crippen LogP contribution in [-0.4, -0.2) is 17.7 Å². The summed E-state index contributed by atoms with van der Waals surface area (Å²) < 4.78 is 0. The van der Waals surface area contributed by atoms with Gasteiger partial charge in [0.2, 0.25) is 0 Å². The van der Waals surface area contributed by atoms with Gasteiger partial charge in [-0.05, 0) is 36.2 Å². The van der Waals surface area contributed by atoms with Gasteiger partial charge in [-0.3, -0.25) is 4.79 Å². The second-order valence-electron chi connectivity index (χ2n) is 5.10. The second-order valence-corrected chi connectivity index (χ2v) is 6.20. The first-order chi connectivity index (χ1) is 10.7. The Morgan fingerprint density at radius 1 is 1.13 bits per heavy atom. The number of thioether (sulfide) groups is 1. The zero-order chi connectivity index (χ0) is 15.8. The highest BCUT2D eigenvalue weighted by atomic mass is 35.5. The van der Waals surface area contributed by atoms with Crippen LogP contribution < -0.4 is 11.1 Å². The lowest BCUT2D eigenvalue weighted by Crippen LogP contribution is -2.36. The quantitative estimate of drug-likeness (QED) is 0.745. The SMILES string of the molecule is CCC(CSc1ccccc1)NC(=O)c1ccc(CN)cc1.Cl. The van der Waals surface area contributed by atoms with Crippen LogP contribution in [-0.2, 0) is 6.54 Å². The number of amides is 1. The third kappa shape index (κ3) is 6.26. The van der Waals surface area contributed by atoms with Crippen LogP contribution in [0.4, 0.5) is 0 Å². The van der Waals surface area contributed by atoms with Crippen molar-refractivity contribution >= 4 is 30.1 Å². The van der Waals surface area contributed by atoms with Crippen molar-refractivity contribution in [2.75, 3.05) is 5.75 Å². The molecule has 0 aliphatic rings. The lowest BCUT2D eigenvalue weighted by Gasteiger charge is -2.17. The van der Waals surface area contributed by atoms with Gasteiger partial charge in [0, 0.05) is 28.8 Å². The number of hydrogen-bond donors (Lipinski definition) is 2. The molecule has 1 unspecified atom stereocenters. The van der Waals surface area contributed by atoms with E-state index in [9.17, 15) is 4.79 Å². The maximum atomic E-state index is 12.3. The van der Waals surface area contributed by atoms with Crippen molar-refractivity contribution in [3.05, 3.63) is 65.7 Å². The molecule has 5 heteroatoms. The predicted octanol–water partition coefficient (Wildman–Crippen LogP) is 3.87. The molecule has 0 saturated carbocycles. The highest BCUT2D eigenvalue weighted by molar-refractivity contribution is 7.99. The van der Waals surface area contributed by atoms with Crippen molar-refractivity contribution in [3.8, 4) is 0 Å². The number of benzene rings is 2. The molecule has 0 bridgehead atoms. The monoisotopic (exact) mass is 350 g/mol. The predicted molar refractivity (Wildman–Crippen MR) is 100 cm³/mol. The van der Waals surface area contributed by atoms with E-state index in [4.69, 9.17) is 5.73 Å². The van der Waals surface area contributed by atoms with E-state index in [1.165, 1.54) is 4.90 Å². The molecule has 0 aliphatic carbocycles. The average Bonchev–Trinajstić information content (AvgIpc) is 2.59. The largest absolute Gasteiger partial charge is 0.348 e. The Balaban J connectivity index is 0.00000264. The van der Waals surface area contributed by atoms with Gasteiger partial charge in [0.1, 0.15) is 0 Å². The fourth-order valence-corrected chi connectivity index (χ4v) is 3.10. The van der Waals surface area contributed by atoms with Crippen LogP contribution in [0.1, 0.15) is 29.3 Å². The molecule has 2 aromatic carbocycles. The van der Waals surface area contributed by atoms with E-state index in [0.29, 0.717) is 12.1 Å². The summed E-state index contributed by atoms with van der Waals surface area (Å²) in [6.07, 6.45) is 0.909. The smallest absolute Gasteiger partial charge is 0.251 e. The van der Waals surface area contributed by atoms with Crippen molar-refractivity contribution in [1.29, 1.82) is 0 Å².